The lowest BCUT2D eigenvalue weighted by Crippen LogP contribution is -2.08. The van der Waals surface area contributed by atoms with Crippen molar-refractivity contribution in [3.8, 4) is 0 Å². The number of nitrogens with zero attached hydrogens (tertiary/aromatic N) is 2. The Morgan fingerprint density at radius 2 is 2.17 bits per heavy atom. The molecule has 0 aliphatic heterocycles. The molecule has 3 N–H and O–H groups in total. The standard InChI is InChI=1S/C9H9F.C7H5ClN4O2/c10-9-3-1-2-8(6-9)7-4-5-7;8-3-1-4-5(9-2-3)11-6(10-4)12-7(13)14/h1-3,6-7H,4-5H2;1-2H,(H,13,14)(H2,9,10,11,12). The average molecular weight is 349 g/mol. The van der Waals surface area contributed by atoms with Crippen molar-refractivity contribution in [1.29, 1.82) is 0 Å². The zero-order valence-corrected chi connectivity index (χ0v) is 13.2. The zero-order chi connectivity index (χ0) is 17.1. The second-order valence-electron chi connectivity index (χ2n) is 5.37. The Morgan fingerprint density at radius 1 is 1.38 bits per heavy atom. The van der Waals surface area contributed by atoms with E-state index in [9.17, 15) is 9.18 Å². The molecule has 0 atom stereocenters. The lowest BCUT2D eigenvalue weighted by Gasteiger charge is -1.94. The third-order valence-corrected chi connectivity index (χ3v) is 3.63. The summed E-state index contributed by atoms with van der Waals surface area (Å²) in [6.07, 6.45) is 2.73. The lowest BCUT2D eigenvalue weighted by molar-refractivity contribution is 0.209. The van der Waals surface area contributed by atoms with Gasteiger partial charge >= 0.3 is 6.09 Å². The number of halogens is 2. The molecular formula is C16H14ClFN4O2. The highest BCUT2D eigenvalue weighted by Gasteiger charge is 2.23. The zero-order valence-electron chi connectivity index (χ0n) is 12.5. The molecule has 1 aliphatic carbocycles. The monoisotopic (exact) mass is 348 g/mol. The molecule has 0 bridgehead atoms. The first-order valence-corrected chi connectivity index (χ1v) is 7.66. The number of anilines is 1. The molecule has 124 valence electrons. The molecule has 1 aliphatic rings. The number of nitrogens with one attached hydrogen (secondary N) is 2. The minimum atomic E-state index is -1.19. The minimum Gasteiger partial charge on any atom is -0.465 e. The quantitative estimate of drug-likeness (QED) is 0.640. The van der Waals surface area contributed by atoms with Gasteiger partial charge in [0.15, 0.2) is 5.65 Å². The maximum absolute atomic E-state index is 12.6. The van der Waals surface area contributed by atoms with E-state index >= 15 is 0 Å². The van der Waals surface area contributed by atoms with Gasteiger partial charge in [0, 0.05) is 6.20 Å². The number of imidazole rings is 1. The largest absolute Gasteiger partial charge is 0.465 e. The molecule has 0 saturated heterocycles. The fourth-order valence-electron chi connectivity index (χ4n) is 2.21. The predicted octanol–water partition coefficient (Wildman–Crippen LogP) is 4.40. The third-order valence-electron chi connectivity index (χ3n) is 3.43. The normalized spacial score (nSPS) is 13.2. The van der Waals surface area contributed by atoms with Crippen LogP contribution >= 0.6 is 11.6 Å². The highest BCUT2D eigenvalue weighted by molar-refractivity contribution is 6.31. The van der Waals surface area contributed by atoms with E-state index in [1.807, 2.05) is 6.07 Å². The molecule has 2 aromatic heterocycles. The summed E-state index contributed by atoms with van der Waals surface area (Å²) in [7, 11) is 0. The van der Waals surface area contributed by atoms with Gasteiger partial charge in [-0.25, -0.2) is 14.2 Å². The molecule has 0 unspecified atom stereocenters. The van der Waals surface area contributed by atoms with Crippen molar-refractivity contribution in [2.45, 2.75) is 18.8 Å². The summed E-state index contributed by atoms with van der Waals surface area (Å²) >= 11 is 5.69. The van der Waals surface area contributed by atoms with Gasteiger partial charge in [-0.15, -0.1) is 0 Å². The summed E-state index contributed by atoms with van der Waals surface area (Å²) < 4.78 is 12.6. The first kappa shape index (κ1) is 16.2. The number of aromatic amines is 1. The van der Waals surface area contributed by atoms with Crippen LogP contribution in [0.4, 0.5) is 15.1 Å². The van der Waals surface area contributed by atoms with Crippen LogP contribution in [0.5, 0.6) is 0 Å². The molecule has 2 heterocycles. The number of hydrogen-bond acceptors (Lipinski definition) is 3. The molecule has 24 heavy (non-hydrogen) atoms. The van der Waals surface area contributed by atoms with Crippen molar-refractivity contribution in [3.05, 3.63) is 52.9 Å². The molecule has 6 nitrogen and oxygen atoms in total. The van der Waals surface area contributed by atoms with Crippen molar-refractivity contribution in [2.24, 2.45) is 0 Å². The van der Waals surface area contributed by atoms with Crippen molar-refractivity contribution < 1.29 is 14.3 Å². The van der Waals surface area contributed by atoms with Gasteiger partial charge in [-0.05, 0) is 42.5 Å². The van der Waals surface area contributed by atoms with Gasteiger partial charge in [0.1, 0.15) is 5.82 Å². The Balaban J connectivity index is 0.000000149. The highest BCUT2D eigenvalue weighted by Crippen LogP contribution is 2.39. The number of rotatable bonds is 2. The Labute approximate surface area is 141 Å². The number of carbonyl (C=O) groups is 1. The molecule has 0 spiro atoms. The first-order valence-electron chi connectivity index (χ1n) is 7.28. The van der Waals surface area contributed by atoms with E-state index < -0.39 is 6.09 Å². The van der Waals surface area contributed by atoms with Gasteiger partial charge in [-0.1, -0.05) is 23.7 Å². The third kappa shape index (κ3) is 4.20. The molecule has 1 saturated carbocycles. The van der Waals surface area contributed by atoms with E-state index in [1.165, 1.54) is 30.7 Å². The molecule has 1 amide bonds. The predicted molar refractivity (Wildman–Crippen MR) is 88.9 cm³/mol. The summed E-state index contributed by atoms with van der Waals surface area (Å²) in [6.45, 7) is 0. The van der Waals surface area contributed by atoms with Crippen LogP contribution in [0.1, 0.15) is 24.3 Å². The van der Waals surface area contributed by atoms with Gasteiger partial charge in [-0.2, -0.15) is 4.98 Å². The maximum Gasteiger partial charge on any atom is 0.411 e. The summed E-state index contributed by atoms with van der Waals surface area (Å²) in [5.74, 6) is 0.683. The van der Waals surface area contributed by atoms with Crippen LogP contribution in [-0.4, -0.2) is 26.2 Å². The number of amides is 1. The van der Waals surface area contributed by atoms with Crippen molar-refractivity contribution in [3.63, 3.8) is 0 Å². The fourth-order valence-corrected chi connectivity index (χ4v) is 2.37. The molecule has 0 radical (unpaired) electrons. The fraction of sp³-hybridized carbons (Fsp3) is 0.188. The average Bonchev–Trinajstić information content (AvgIpc) is 3.29. The van der Waals surface area contributed by atoms with E-state index in [0.29, 0.717) is 22.1 Å². The van der Waals surface area contributed by atoms with Crippen LogP contribution in [-0.2, 0) is 0 Å². The van der Waals surface area contributed by atoms with Crippen molar-refractivity contribution in [1.82, 2.24) is 15.0 Å². The number of aromatic nitrogens is 3. The lowest BCUT2D eigenvalue weighted by atomic mass is 10.1. The number of H-pyrrole nitrogens is 1. The summed E-state index contributed by atoms with van der Waals surface area (Å²) in [6, 6.07) is 8.52. The summed E-state index contributed by atoms with van der Waals surface area (Å²) in [4.78, 5) is 20.8. The molecule has 1 aromatic carbocycles. The van der Waals surface area contributed by atoms with Crippen LogP contribution < -0.4 is 5.32 Å². The summed E-state index contributed by atoms with van der Waals surface area (Å²) in [5, 5.41) is 11.0. The van der Waals surface area contributed by atoms with E-state index in [1.54, 1.807) is 18.2 Å². The number of pyridine rings is 1. The Hall–Kier alpha value is -2.67. The SMILES string of the molecule is Fc1cccc(C2CC2)c1.O=C(O)Nc1nc2ncc(Cl)cc2[nH]1. The van der Waals surface area contributed by atoms with Crippen LogP contribution in [0.25, 0.3) is 11.2 Å². The van der Waals surface area contributed by atoms with E-state index in [4.69, 9.17) is 16.7 Å². The van der Waals surface area contributed by atoms with Gasteiger partial charge in [0.2, 0.25) is 5.95 Å². The van der Waals surface area contributed by atoms with Crippen LogP contribution in [0, 0.1) is 5.82 Å². The van der Waals surface area contributed by atoms with Gasteiger partial charge in [0.25, 0.3) is 0 Å². The number of carboxylic acid groups (broad SMARTS) is 1. The minimum absolute atomic E-state index is 0.107. The van der Waals surface area contributed by atoms with Crippen LogP contribution in [0.3, 0.4) is 0 Å². The van der Waals surface area contributed by atoms with Crippen LogP contribution in [0.15, 0.2) is 36.5 Å². The van der Waals surface area contributed by atoms with Gasteiger partial charge in [0.05, 0.1) is 10.5 Å². The van der Waals surface area contributed by atoms with Crippen LogP contribution in [0.2, 0.25) is 5.02 Å². The van der Waals surface area contributed by atoms with Gasteiger partial charge in [-0.3, -0.25) is 5.32 Å². The molecule has 8 heteroatoms. The first-order chi connectivity index (χ1) is 11.5. The second-order valence-corrected chi connectivity index (χ2v) is 5.81. The molecule has 3 aromatic rings. The topological polar surface area (TPSA) is 90.9 Å². The Bertz CT molecular complexity index is 879. The Morgan fingerprint density at radius 3 is 2.83 bits per heavy atom. The number of hydrogen-bond donors (Lipinski definition) is 3. The summed E-state index contributed by atoms with van der Waals surface area (Å²) in [5.41, 5.74) is 2.17. The number of fused-ring (bicyclic) bond motifs is 1. The maximum atomic E-state index is 12.6. The number of benzene rings is 1. The van der Waals surface area contributed by atoms with Crippen molar-refractivity contribution >= 4 is 34.8 Å². The molecule has 4 rings (SSSR count). The Kier molecular flexibility index (Phi) is 4.61. The van der Waals surface area contributed by atoms with Crippen molar-refractivity contribution in [2.75, 3.05) is 5.32 Å². The van der Waals surface area contributed by atoms with E-state index in [0.717, 1.165) is 0 Å². The van der Waals surface area contributed by atoms with Gasteiger partial charge < -0.3 is 10.1 Å². The highest BCUT2D eigenvalue weighted by atomic mass is 35.5. The smallest absolute Gasteiger partial charge is 0.411 e. The molecule has 1 fully saturated rings. The second kappa shape index (κ2) is 6.84. The van der Waals surface area contributed by atoms with E-state index in [2.05, 4.69) is 20.3 Å². The molecular weight excluding hydrogens is 335 g/mol. The van der Waals surface area contributed by atoms with E-state index in [-0.39, 0.29) is 11.8 Å².